The van der Waals surface area contributed by atoms with E-state index in [2.05, 4.69) is 64.7 Å². The maximum Gasteiger partial charge on any atom is 0.0583 e. The normalized spacial score (nSPS) is 12.7. The molecule has 1 nitrogen and oxygen atoms in total. The van der Waals surface area contributed by atoms with Crippen LogP contribution < -0.4 is 5.32 Å². The van der Waals surface area contributed by atoms with Gasteiger partial charge < -0.3 is 5.32 Å². The molecular formula is C14H16BrNS. The molecule has 90 valence electrons. The van der Waals surface area contributed by atoms with Gasteiger partial charge in [-0.3, -0.25) is 0 Å². The molecule has 0 spiro atoms. The molecule has 1 heterocycles. The standard InChI is InChI=1S/C14H16BrNS/c1-9-4-11(7-13(15)5-9)14(16-3)12-6-10(2)17-8-12/h4-8,14,16H,1-3H3. The highest BCUT2D eigenvalue weighted by molar-refractivity contribution is 9.10. The predicted molar refractivity (Wildman–Crippen MR) is 78.8 cm³/mol. The number of benzene rings is 1. The number of thiophene rings is 1. The summed E-state index contributed by atoms with van der Waals surface area (Å²) in [5, 5.41) is 5.62. The Balaban J connectivity index is 2.41. The van der Waals surface area contributed by atoms with Gasteiger partial charge in [0.25, 0.3) is 0 Å². The molecule has 17 heavy (non-hydrogen) atoms. The van der Waals surface area contributed by atoms with E-state index in [0.29, 0.717) is 0 Å². The van der Waals surface area contributed by atoms with Gasteiger partial charge in [-0.1, -0.05) is 22.0 Å². The molecule has 1 atom stereocenters. The molecular weight excluding hydrogens is 294 g/mol. The maximum absolute atomic E-state index is 3.56. The molecule has 1 aromatic carbocycles. The van der Waals surface area contributed by atoms with Gasteiger partial charge in [0.15, 0.2) is 0 Å². The van der Waals surface area contributed by atoms with Gasteiger partial charge in [0.1, 0.15) is 0 Å². The first-order valence-electron chi connectivity index (χ1n) is 5.59. The summed E-state index contributed by atoms with van der Waals surface area (Å²) in [6.07, 6.45) is 0. The number of nitrogens with one attached hydrogen (secondary N) is 1. The second-order valence-electron chi connectivity index (χ2n) is 4.27. The fourth-order valence-electron chi connectivity index (χ4n) is 2.07. The zero-order chi connectivity index (χ0) is 12.4. The van der Waals surface area contributed by atoms with E-state index in [1.165, 1.54) is 21.6 Å². The highest BCUT2D eigenvalue weighted by Gasteiger charge is 2.13. The largest absolute Gasteiger partial charge is 0.309 e. The van der Waals surface area contributed by atoms with Crippen LogP contribution in [-0.4, -0.2) is 7.05 Å². The fraction of sp³-hybridized carbons (Fsp3) is 0.286. The summed E-state index contributed by atoms with van der Waals surface area (Å²) in [6, 6.07) is 9.08. The summed E-state index contributed by atoms with van der Waals surface area (Å²) in [6.45, 7) is 4.27. The third-order valence-corrected chi connectivity index (χ3v) is 4.11. The van der Waals surface area contributed by atoms with E-state index in [9.17, 15) is 0 Å². The minimum atomic E-state index is 0.274. The highest BCUT2D eigenvalue weighted by Crippen LogP contribution is 2.28. The van der Waals surface area contributed by atoms with E-state index in [1.54, 1.807) is 11.3 Å². The molecule has 0 aliphatic heterocycles. The van der Waals surface area contributed by atoms with Gasteiger partial charge in [-0.15, -0.1) is 11.3 Å². The lowest BCUT2D eigenvalue weighted by Gasteiger charge is -2.16. The summed E-state index contributed by atoms with van der Waals surface area (Å²) in [5.74, 6) is 0. The van der Waals surface area contributed by atoms with E-state index in [1.807, 2.05) is 7.05 Å². The Morgan fingerprint density at radius 2 is 1.88 bits per heavy atom. The third-order valence-electron chi connectivity index (χ3n) is 2.77. The van der Waals surface area contributed by atoms with E-state index in [0.717, 1.165) is 4.47 Å². The van der Waals surface area contributed by atoms with Gasteiger partial charge in [-0.05, 0) is 61.2 Å². The lowest BCUT2D eigenvalue weighted by molar-refractivity contribution is 0.693. The summed E-state index contributed by atoms with van der Waals surface area (Å²) in [4.78, 5) is 1.35. The quantitative estimate of drug-likeness (QED) is 0.884. The van der Waals surface area contributed by atoms with Crippen LogP contribution in [0.2, 0.25) is 0 Å². The van der Waals surface area contributed by atoms with Crippen molar-refractivity contribution in [2.24, 2.45) is 0 Å². The Kier molecular flexibility index (Phi) is 4.02. The average Bonchev–Trinajstić information content (AvgIpc) is 2.64. The van der Waals surface area contributed by atoms with E-state index < -0.39 is 0 Å². The Morgan fingerprint density at radius 1 is 1.12 bits per heavy atom. The fourth-order valence-corrected chi connectivity index (χ4v) is 3.43. The molecule has 2 aromatic rings. The van der Waals surface area contributed by atoms with Crippen LogP contribution in [0.1, 0.15) is 27.6 Å². The number of aryl methyl sites for hydroxylation is 2. The lowest BCUT2D eigenvalue weighted by Crippen LogP contribution is -2.17. The van der Waals surface area contributed by atoms with Gasteiger partial charge in [0.2, 0.25) is 0 Å². The molecule has 0 amide bonds. The minimum absolute atomic E-state index is 0.274. The Morgan fingerprint density at radius 3 is 2.41 bits per heavy atom. The first-order valence-corrected chi connectivity index (χ1v) is 7.27. The average molecular weight is 310 g/mol. The summed E-state index contributed by atoms with van der Waals surface area (Å²) in [5.41, 5.74) is 3.92. The molecule has 0 saturated heterocycles. The zero-order valence-corrected chi connectivity index (χ0v) is 12.7. The topological polar surface area (TPSA) is 12.0 Å². The molecule has 1 aromatic heterocycles. The van der Waals surface area contributed by atoms with E-state index in [4.69, 9.17) is 0 Å². The highest BCUT2D eigenvalue weighted by atomic mass is 79.9. The van der Waals surface area contributed by atoms with Crippen LogP contribution in [0, 0.1) is 13.8 Å². The van der Waals surface area contributed by atoms with Crippen molar-refractivity contribution in [1.82, 2.24) is 5.32 Å². The first kappa shape index (κ1) is 12.8. The van der Waals surface area contributed by atoms with Crippen molar-refractivity contribution in [3.63, 3.8) is 0 Å². The van der Waals surface area contributed by atoms with Crippen LogP contribution in [0.3, 0.4) is 0 Å². The van der Waals surface area contributed by atoms with Crippen molar-refractivity contribution in [3.8, 4) is 0 Å². The van der Waals surface area contributed by atoms with Crippen molar-refractivity contribution < 1.29 is 0 Å². The molecule has 0 saturated carbocycles. The molecule has 2 rings (SSSR count). The molecule has 3 heteroatoms. The van der Waals surface area contributed by atoms with Crippen LogP contribution in [0.25, 0.3) is 0 Å². The van der Waals surface area contributed by atoms with E-state index in [-0.39, 0.29) is 6.04 Å². The molecule has 0 fully saturated rings. The summed E-state index contributed by atoms with van der Waals surface area (Å²) >= 11 is 5.36. The number of halogens is 1. The van der Waals surface area contributed by atoms with Crippen molar-refractivity contribution >= 4 is 27.3 Å². The van der Waals surface area contributed by atoms with Gasteiger partial charge in [-0.25, -0.2) is 0 Å². The molecule has 0 bridgehead atoms. The monoisotopic (exact) mass is 309 g/mol. The second kappa shape index (κ2) is 5.34. The second-order valence-corrected chi connectivity index (χ2v) is 6.31. The Hall–Kier alpha value is -0.640. The van der Waals surface area contributed by atoms with Crippen molar-refractivity contribution in [3.05, 3.63) is 55.7 Å². The molecule has 0 aliphatic carbocycles. The molecule has 1 unspecified atom stereocenters. The third kappa shape index (κ3) is 2.97. The number of rotatable bonds is 3. The lowest BCUT2D eigenvalue weighted by atomic mass is 9.99. The molecule has 0 radical (unpaired) electrons. The van der Waals surface area contributed by atoms with Crippen LogP contribution in [0.5, 0.6) is 0 Å². The van der Waals surface area contributed by atoms with Crippen molar-refractivity contribution in [2.45, 2.75) is 19.9 Å². The summed E-state index contributed by atoms with van der Waals surface area (Å²) < 4.78 is 1.14. The molecule has 1 N–H and O–H groups in total. The number of hydrogen-bond acceptors (Lipinski definition) is 2. The maximum atomic E-state index is 3.56. The summed E-state index contributed by atoms with van der Waals surface area (Å²) in [7, 11) is 2.01. The van der Waals surface area contributed by atoms with Crippen molar-refractivity contribution in [1.29, 1.82) is 0 Å². The van der Waals surface area contributed by atoms with Crippen LogP contribution >= 0.6 is 27.3 Å². The van der Waals surface area contributed by atoms with E-state index >= 15 is 0 Å². The Labute approximate surface area is 115 Å². The number of hydrogen-bond donors (Lipinski definition) is 1. The van der Waals surface area contributed by atoms with Crippen molar-refractivity contribution in [2.75, 3.05) is 7.05 Å². The van der Waals surface area contributed by atoms with Gasteiger partial charge in [0.05, 0.1) is 6.04 Å². The smallest absolute Gasteiger partial charge is 0.0583 e. The SMILES string of the molecule is CNC(c1cc(C)cc(Br)c1)c1csc(C)c1. The van der Waals surface area contributed by atoms with Gasteiger partial charge >= 0.3 is 0 Å². The van der Waals surface area contributed by atoms with Crippen LogP contribution in [0.15, 0.2) is 34.1 Å². The van der Waals surface area contributed by atoms with Crippen LogP contribution in [-0.2, 0) is 0 Å². The van der Waals surface area contributed by atoms with Gasteiger partial charge in [0, 0.05) is 9.35 Å². The Bertz CT molecular complexity index is 498. The molecule has 0 aliphatic rings. The zero-order valence-electron chi connectivity index (χ0n) is 10.3. The predicted octanol–water partition coefficient (Wildman–Crippen LogP) is 4.44. The van der Waals surface area contributed by atoms with Gasteiger partial charge in [-0.2, -0.15) is 0 Å². The minimum Gasteiger partial charge on any atom is -0.309 e. The first-order chi connectivity index (χ1) is 8.10. The van der Waals surface area contributed by atoms with Crippen LogP contribution in [0.4, 0.5) is 0 Å².